The summed E-state index contributed by atoms with van der Waals surface area (Å²) in [5.41, 5.74) is 3.17. The molecule has 0 unspecified atom stereocenters. The van der Waals surface area contributed by atoms with Crippen LogP contribution >= 0.6 is 0 Å². The molecule has 0 saturated carbocycles. The van der Waals surface area contributed by atoms with Crippen molar-refractivity contribution in [3.63, 3.8) is 0 Å². The third kappa shape index (κ3) is 3.32. The number of aliphatic hydroxyl groups is 1. The molecule has 5 nitrogen and oxygen atoms in total. The van der Waals surface area contributed by atoms with Gasteiger partial charge in [-0.2, -0.15) is 0 Å². The lowest BCUT2D eigenvalue weighted by atomic mass is 9.99. The molecule has 1 heterocycles. The zero-order chi connectivity index (χ0) is 13.8. The Morgan fingerprint density at radius 3 is 2.95 bits per heavy atom. The number of hydrogen-bond donors (Lipinski definition) is 2. The van der Waals surface area contributed by atoms with E-state index >= 15 is 0 Å². The van der Waals surface area contributed by atoms with Crippen LogP contribution in [-0.4, -0.2) is 42.0 Å². The second-order valence-electron chi connectivity index (χ2n) is 4.76. The highest BCUT2D eigenvalue weighted by molar-refractivity contribution is 5.93. The molecule has 2 N–H and O–H groups in total. The van der Waals surface area contributed by atoms with E-state index in [9.17, 15) is 9.59 Å². The second-order valence-corrected chi connectivity index (χ2v) is 4.76. The van der Waals surface area contributed by atoms with Gasteiger partial charge in [0.2, 0.25) is 11.8 Å². The predicted molar refractivity (Wildman–Crippen MR) is 71.8 cm³/mol. The first-order chi connectivity index (χ1) is 9.10. The molecule has 0 saturated heterocycles. The number of likely N-dealkylation sites (N-methyl/N-ethyl adjacent to an activating group) is 1. The summed E-state index contributed by atoms with van der Waals surface area (Å²) >= 11 is 0. The number of fused-ring (bicyclic) bond motifs is 1. The number of aryl methyl sites for hydroxylation is 1. The fraction of sp³-hybridized carbons (Fsp3) is 0.429. The first-order valence-corrected chi connectivity index (χ1v) is 6.36. The van der Waals surface area contributed by atoms with Gasteiger partial charge in [-0.25, -0.2) is 0 Å². The highest BCUT2D eigenvalue weighted by Gasteiger charge is 2.15. The molecule has 102 valence electrons. The van der Waals surface area contributed by atoms with Crippen LogP contribution in [0.15, 0.2) is 18.2 Å². The standard InChI is InChI=1S/C14H18N2O3/c1-16(14(19)9-17)7-6-10-2-4-12-11(8-10)3-5-13(18)15-12/h2,4,8,17H,3,5-7,9H2,1H3,(H,15,18). The molecular weight excluding hydrogens is 244 g/mol. The van der Waals surface area contributed by atoms with E-state index in [2.05, 4.69) is 11.4 Å². The average Bonchev–Trinajstić information content (AvgIpc) is 2.43. The van der Waals surface area contributed by atoms with Gasteiger partial charge in [0.25, 0.3) is 0 Å². The normalized spacial score (nSPS) is 13.7. The molecule has 5 heteroatoms. The summed E-state index contributed by atoms with van der Waals surface area (Å²) in [5, 5.41) is 11.6. The Labute approximate surface area is 112 Å². The summed E-state index contributed by atoms with van der Waals surface area (Å²) in [5.74, 6) is -0.209. The van der Waals surface area contributed by atoms with Crippen molar-refractivity contribution in [1.82, 2.24) is 4.90 Å². The van der Waals surface area contributed by atoms with Gasteiger partial charge in [-0.05, 0) is 30.0 Å². The smallest absolute Gasteiger partial charge is 0.248 e. The molecule has 0 radical (unpaired) electrons. The van der Waals surface area contributed by atoms with E-state index in [0.717, 1.165) is 29.7 Å². The number of aliphatic hydroxyl groups excluding tert-OH is 1. The molecule has 19 heavy (non-hydrogen) atoms. The van der Waals surface area contributed by atoms with E-state index in [4.69, 9.17) is 5.11 Å². The maximum Gasteiger partial charge on any atom is 0.248 e. The largest absolute Gasteiger partial charge is 0.387 e. The summed E-state index contributed by atoms with van der Waals surface area (Å²) in [4.78, 5) is 24.0. The van der Waals surface area contributed by atoms with E-state index in [1.54, 1.807) is 7.05 Å². The van der Waals surface area contributed by atoms with Crippen molar-refractivity contribution >= 4 is 17.5 Å². The lowest BCUT2D eigenvalue weighted by Crippen LogP contribution is -2.31. The maximum absolute atomic E-state index is 11.3. The van der Waals surface area contributed by atoms with Gasteiger partial charge in [-0.15, -0.1) is 0 Å². The fourth-order valence-electron chi connectivity index (χ4n) is 2.13. The van der Waals surface area contributed by atoms with Crippen molar-refractivity contribution < 1.29 is 14.7 Å². The van der Waals surface area contributed by atoms with Crippen molar-refractivity contribution in [1.29, 1.82) is 0 Å². The van der Waals surface area contributed by atoms with Gasteiger partial charge in [-0.1, -0.05) is 12.1 Å². The number of amides is 2. The molecule has 0 spiro atoms. The van der Waals surface area contributed by atoms with E-state index < -0.39 is 6.61 Å². The van der Waals surface area contributed by atoms with Gasteiger partial charge in [-0.3, -0.25) is 9.59 Å². The van der Waals surface area contributed by atoms with Gasteiger partial charge < -0.3 is 15.3 Å². The Morgan fingerprint density at radius 2 is 2.21 bits per heavy atom. The zero-order valence-electron chi connectivity index (χ0n) is 11.0. The van der Waals surface area contributed by atoms with Crippen LogP contribution in [0.25, 0.3) is 0 Å². The summed E-state index contributed by atoms with van der Waals surface area (Å²) in [7, 11) is 1.68. The minimum absolute atomic E-state index is 0.0634. The monoisotopic (exact) mass is 262 g/mol. The lowest BCUT2D eigenvalue weighted by Gasteiger charge is -2.19. The van der Waals surface area contributed by atoms with E-state index in [-0.39, 0.29) is 11.8 Å². The summed E-state index contributed by atoms with van der Waals surface area (Å²) in [6.45, 7) is 0.122. The number of benzene rings is 1. The molecule has 1 aliphatic heterocycles. The van der Waals surface area contributed by atoms with Gasteiger partial charge in [0.15, 0.2) is 0 Å². The molecule has 1 aliphatic rings. The summed E-state index contributed by atoms with van der Waals surface area (Å²) < 4.78 is 0. The van der Waals surface area contributed by atoms with Crippen LogP contribution in [0.1, 0.15) is 17.5 Å². The molecule has 0 aromatic heterocycles. The summed E-state index contributed by atoms with van der Waals surface area (Å²) in [6.07, 6.45) is 2.03. The highest BCUT2D eigenvalue weighted by Crippen LogP contribution is 2.23. The third-order valence-electron chi connectivity index (χ3n) is 3.36. The first kappa shape index (κ1) is 13.5. The summed E-state index contributed by atoms with van der Waals surface area (Å²) in [6, 6.07) is 5.95. The number of carbonyl (C=O) groups is 2. The molecule has 1 aromatic rings. The number of rotatable bonds is 4. The Morgan fingerprint density at radius 1 is 1.42 bits per heavy atom. The fourth-order valence-corrected chi connectivity index (χ4v) is 2.13. The van der Waals surface area contributed by atoms with Gasteiger partial charge in [0.1, 0.15) is 6.61 Å². The molecule has 2 rings (SSSR count). The predicted octanol–water partition coefficient (Wildman–Crippen LogP) is 0.564. The molecule has 0 fully saturated rings. The van der Waals surface area contributed by atoms with Gasteiger partial charge >= 0.3 is 0 Å². The Hall–Kier alpha value is -1.88. The average molecular weight is 262 g/mol. The zero-order valence-corrected chi connectivity index (χ0v) is 11.0. The van der Waals surface area contributed by atoms with Crippen molar-refractivity contribution in [2.45, 2.75) is 19.3 Å². The van der Waals surface area contributed by atoms with Crippen molar-refractivity contribution in [2.75, 3.05) is 25.5 Å². The minimum atomic E-state index is -0.452. The minimum Gasteiger partial charge on any atom is -0.387 e. The molecule has 2 amide bonds. The molecular formula is C14H18N2O3. The van der Waals surface area contributed by atoms with Crippen LogP contribution in [0, 0.1) is 0 Å². The SMILES string of the molecule is CN(CCc1ccc2c(c1)CCC(=O)N2)C(=O)CO. The number of nitrogens with one attached hydrogen (secondary N) is 1. The molecule has 1 aromatic carbocycles. The molecule has 0 atom stereocenters. The van der Waals surface area contributed by atoms with Crippen LogP contribution in [-0.2, 0) is 22.4 Å². The first-order valence-electron chi connectivity index (χ1n) is 6.36. The number of carbonyl (C=O) groups excluding carboxylic acids is 2. The third-order valence-corrected chi connectivity index (χ3v) is 3.36. The van der Waals surface area contributed by atoms with E-state index in [0.29, 0.717) is 13.0 Å². The van der Waals surface area contributed by atoms with Gasteiger partial charge in [0, 0.05) is 25.7 Å². The highest BCUT2D eigenvalue weighted by atomic mass is 16.3. The van der Waals surface area contributed by atoms with Crippen molar-refractivity contribution in [3.8, 4) is 0 Å². The Balaban J connectivity index is 1.99. The van der Waals surface area contributed by atoms with Crippen LogP contribution in [0.3, 0.4) is 0 Å². The van der Waals surface area contributed by atoms with Crippen LogP contribution in [0.5, 0.6) is 0 Å². The van der Waals surface area contributed by atoms with Crippen molar-refractivity contribution in [3.05, 3.63) is 29.3 Å². The lowest BCUT2D eigenvalue weighted by molar-refractivity contribution is -0.132. The quantitative estimate of drug-likeness (QED) is 0.833. The van der Waals surface area contributed by atoms with Crippen LogP contribution < -0.4 is 5.32 Å². The van der Waals surface area contributed by atoms with Crippen molar-refractivity contribution in [2.24, 2.45) is 0 Å². The second kappa shape index (κ2) is 5.84. The van der Waals surface area contributed by atoms with E-state index in [1.165, 1.54) is 4.90 Å². The molecule has 0 bridgehead atoms. The van der Waals surface area contributed by atoms with Gasteiger partial charge in [0.05, 0.1) is 0 Å². The number of nitrogens with zero attached hydrogens (tertiary/aromatic N) is 1. The Kier molecular flexibility index (Phi) is 4.16. The Bertz CT molecular complexity index is 499. The van der Waals surface area contributed by atoms with Crippen LogP contribution in [0.4, 0.5) is 5.69 Å². The topological polar surface area (TPSA) is 69.6 Å². The molecule has 0 aliphatic carbocycles. The van der Waals surface area contributed by atoms with E-state index in [1.807, 2.05) is 12.1 Å². The van der Waals surface area contributed by atoms with Crippen LogP contribution in [0.2, 0.25) is 0 Å². The maximum atomic E-state index is 11.3. The number of hydrogen-bond acceptors (Lipinski definition) is 3. The number of anilines is 1.